The third-order valence-electron chi connectivity index (χ3n) is 1.83. The summed E-state index contributed by atoms with van der Waals surface area (Å²) in [5.41, 5.74) is 5.73. The number of aromatic nitrogens is 3. The molecule has 2 aromatic heterocycles. The van der Waals surface area contributed by atoms with Crippen LogP contribution < -0.4 is 5.73 Å². The van der Waals surface area contributed by atoms with Crippen LogP contribution in [0.1, 0.15) is 10.4 Å². The second kappa shape index (κ2) is 3.47. The van der Waals surface area contributed by atoms with E-state index in [4.69, 9.17) is 5.73 Å². The molecule has 0 fully saturated rings. The van der Waals surface area contributed by atoms with Gasteiger partial charge in [-0.2, -0.15) is 0 Å². The summed E-state index contributed by atoms with van der Waals surface area (Å²) in [6.07, 6.45) is 4.76. The first kappa shape index (κ1) is 9.29. The van der Waals surface area contributed by atoms with E-state index >= 15 is 0 Å². The minimum Gasteiger partial charge on any atom is -0.324 e. The maximum Gasteiger partial charge on any atom is 0.234 e. The van der Waals surface area contributed by atoms with Crippen LogP contribution in [-0.2, 0) is 0 Å². The highest BCUT2D eigenvalue weighted by atomic mass is 79.9. The van der Waals surface area contributed by atoms with E-state index < -0.39 is 0 Å². The molecule has 2 rings (SSSR count). The molecule has 0 aromatic carbocycles. The number of carbonyl (C=O) groups excluding carboxylic acids is 1. The second-order valence-electron chi connectivity index (χ2n) is 2.72. The zero-order valence-corrected chi connectivity index (χ0v) is 8.73. The minimum atomic E-state index is -0.139. The second-order valence-corrected chi connectivity index (χ2v) is 3.53. The Bertz CT molecular complexity index is 493. The van der Waals surface area contributed by atoms with Gasteiger partial charge in [-0.15, -0.1) is 0 Å². The van der Waals surface area contributed by atoms with Crippen molar-refractivity contribution < 1.29 is 4.79 Å². The molecule has 2 N–H and O–H groups in total. The average molecular weight is 255 g/mol. The number of carbonyl (C=O) groups is 1. The molecule has 0 saturated heterocycles. The Morgan fingerprint density at radius 1 is 1.50 bits per heavy atom. The molecule has 5 nitrogen and oxygen atoms in total. The number of hydrogen-bond donors (Lipinski definition) is 1. The van der Waals surface area contributed by atoms with Gasteiger partial charge in [0.1, 0.15) is 4.60 Å². The number of hydrogen-bond acceptors (Lipinski definition) is 4. The highest BCUT2D eigenvalue weighted by Gasteiger charge is 2.07. The van der Waals surface area contributed by atoms with Crippen LogP contribution in [0.2, 0.25) is 0 Å². The Balaban J connectivity index is 2.60. The van der Waals surface area contributed by atoms with Gasteiger partial charge in [0.15, 0.2) is 5.78 Å². The Morgan fingerprint density at radius 2 is 2.21 bits per heavy atom. The Hall–Kier alpha value is -1.27. The molecule has 0 unspecified atom stereocenters. The summed E-state index contributed by atoms with van der Waals surface area (Å²) in [5, 5.41) is 0. The Labute approximate surface area is 88.1 Å². The molecule has 0 aliphatic rings. The lowest BCUT2D eigenvalue weighted by Crippen LogP contribution is -2.14. The largest absolute Gasteiger partial charge is 0.324 e. The summed E-state index contributed by atoms with van der Waals surface area (Å²) in [6.45, 7) is -0.0144. The van der Waals surface area contributed by atoms with Crippen LogP contribution in [-0.4, -0.2) is 26.7 Å². The van der Waals surface area contributed by atoms with Crippen molar-refractivity contribution in [1.82, 2.24) is 14.4 Å². The first-order valence-corrected chi connectivity index (χ1v) is 4.73. The van der Waals surface area contributed by atoms with Crippen LogP contribution in [0.3, 0.4) is 0 Å². The molecule has 72 valence electrons. The molecule has 2 aromatic rings. The number of ketones is 1. The van der Waals surface area contributed by atoms with Crippen LogP contribution in [0.15, 0.2) is 23.2 Å². The first-order chi connectivity index (χ1) is 6.72. The first-order valence-electron chi connectivity index (χ1n) is 3.94. The smallest absolute Gasteiger partial charge is 0.234 e. The van der Waals surface area contributed by atoms with E-state index in [-0.39, 0.29) is 12.3 Å². The summed E-state index contributed by atoms with van der Waals surface area (Å²) < 4.78 is 2.44. The molecule has 0 aliphatic carbocycles. The van der Waals surface area contributed by atoms with Crippen LogP contribution in [0.4, 0.5) is 0 Å². The zero-order chi connectivity index (χ0) is 10.1. The van der Waals surface area contributed by atoms with Gasteiger partial charge in [0.25, 0.3) is 0 Å². The number of Topliss-reactive ketones (excluding diaryl/α,β-unsaturated/α-hetero) is 1. The molecule has 6 heteroatoms. The standard InChI is InChI=1S/C8H7BrN4O/c9-7-3-12-8-11-2-5(4-13(7)8)6(14)1-10/h2-4H,1,10H2. The molecule has 14 heavy (non-hydrogen) atoms. The van der Waals surface area contributed by atoms with Crippen LogP contribution >= 0.6 is 15.9 Å². The van der Waals surface area contributed by atoms with Crippen LogP contribution in [0.5, 0.6) is 0 Å². The third-order valence-corrected chi connectivity index (χ3v) is 2.41. The fourth-order valence-electron chi connectivity index (χ4n) is 1.11. The normalized spacial score (nSPS) is 10.7. The van der Waals surface area contributed by atoms with Gasteiger partial charge in [-0.3, -0.25) is 9.20 Å². The van der Waals surface area contributed by atoms with Gasteiger partial charge in [0.05, 0.1) is 18.3 Å². The van der Waals surface area contributed by atoms with Crippen molar-refractivity contribution in [3.05, 3.63) is 28.8 Å². The maximum atomic E-state index is 11.3. The molecule has 0 aliphatic heterocycles. The average Bonchev–Trinajstić information content (AvgIpc) is 2.59. The summed E-state index contributed by atoms with van der Waals surface area (Å²) >= 11 is 3.29. The lowest BCUT2D eigenvalue weighted by atomic mass is 10.2. The monoisotopic (exact) mass is 254 g/mol. The van der Waals surface area contributed by atoms with E-state index in [2.05, 4.69) is 25.9 Å². The van der Waals surface area contributed by atoms with E-state index in [1.165, 1.54) is 6.20 Å². The third kappa shape index (κ3) is 1.42. The number of nitrogens with two attached hydrogens (primary N) is 1. The lowest BCUT2D eigenvalue weighted by molar-refractivity contribution is 0.100. The minimum absolute atomic E-state index is 0.0144. The number of imidazole rings is 1. The molecule has 0 amide bonds. The van der Waals surface area contributed by atoms with Gasteiger partial charge < -0.3 is 5.73 Å². The van der Waals surface area contributed by atoms with Crippen molar-refractivity contribution in [3.8, 4) is 0 Å². The highest BCUT2D eigenvalue weighted by molar-refractivity contribution is 9.10. The van der Waals surface area contributed by atoms with Crippen LogP contribution in [0.25, 0.3) is 5.78 Å². The van der Waals surface area contributed by atoms with E-state index in [0.29, 0.717) is 11.3 Å². The fraction of sp³-hybridized carbons (Fsp3) is 0.125. The van der Waals surface area contributed by atoms with Gasteiger partial charge in [-0.1, -0.05) is 0 Å². The molecule has 2 heterocycles. The zero-order valence-electron chi connectivity index (χ0n) is 7.14. The predicted octanol–water partition coefficient (Wildman–Crippen LogP) is 0.633. The van der Waals surface area contributed by atoms with Crippen molar-refractivity contribution in [1.29, 1.82) is 0 Å². The maximum absolute atomic E-state index is 11.3. The quantitative estimate of drug-likeness (QED) is 0.799. The molecular weight excluding hydrogens is 248 g/mol. The Morgan fingerprint density at radius 3 is 2.93 bits per heavy atom. The summed E-state index contributed by atoms with van der Waals surface area (Å²) in [7, 11) is 0. The van der Waals surface area contributed by atoms with E-state index in [1.54, 1.807) is 16.8 Å². The summed E-state index contributed by atoms with van der Waals surface area (Å²) in [5.74, 6) is 0.408. The van der Waals surface area contributed by atoms with Crippen LogP contribution in [0, 0.1) is 0 Å². The van der Waals surface area contributed by atoms with Gasteiger partial charge in [0.2, 0.25) is 5.78 Å². The van der Waals surface area contributed by atoms with Crippen molar-refractivity contribution >= 4 is 27.5 Å². The number of halogens is 1. The molecule has 0 atom stereocenters. The lowest BCUT2D eigenvalue weighted by Gasteiger charge is -1.98. The van der Waals surface area contributed by atoms with Gasteiger partial charge in [0, 0.05) is 12.4 Å². The summed E-state index contributed by atoms with van der Waals surface area (Å²) in [4.78, 5) is 19.3. The molecule has 0 radical (unpaired) electrons. The Kier molecular flexibility index (Phi) is 2.30. The van der Waals surface area contributed by atoms with Gasteiger partial charge >= 0.3 is 0 Å². The molecular formula is C8H7BrN4O. The predicted molar refractivity (Wildman–Crippen MR) is 54.1 cm³/mol. The molecule has 0 bridgehead atoms. The van der Waals surface area contributed by atoms with Gasteiger partial charge in [-0.25, -0.2) is 9.97 Å². The SMILES string of the molecule is NCC(=O)c1cnc2ncc(Br)n2c1. The highest BCUT2D eigenvalue weighted by Crippen LogP contribution is 2.11. The van der Waals surface area contributed by atoms with E-state index in [0.717, 1.165) is 4.60 Å². The van der Waals surface area contributed by atoms with E-state index in [1.807, 2.05) is 0 Å². The molecule has 0 spiro atoms. The molecule has 0 saturated carbocycles. The van der Waals surface area contributed by atoms with Crippen molar-refractivity contribution in [3.63, 3.8) is 0 Å². The van der Waals surface area contributed by atoms with Crippen molar-refractivity contribution in [2.24, 2.45) is 5.73 Å². The topological polar surface area (TPSA) is 73.3 Å². The number of nitrogens with zero attached hydrogens (tertiary/aromatic N) is 3. The number of rotatable bonds is 2. The summed E-state index contributed by atoms with van der Waals surface area (Å²) in [6, 6.07) is 0. The van der Waals surface area contributed by atoms with Crippen molar-refractivity contribution in [2.45, 2.75) is 0 Å². The van der Waals surface area contributed by atoms with E-state index in [9.17, 15) is 4.79 Å². The fourth-order valence-corrected chi connectivity index (χ4v) is 1.47. The van der Waals surface area contributed by atoms with Crippen molar-refractivity contribution in [2.75, 3.05) is 6.54 Å². The van der Waals surface area contributed by atoms with Gasteiger partial charge in [-0.05, 0) is 15.9 Å². The number of fused-ring (bicyclic) bond motifs is 1.